The molecule has 0 spiro atoms. The predicted molar refractivity (Wildman–Crippen MR) is 109 cm³/mol. The summed E-state index contributed by atoms with van der Waals surface area (Å²) in [6.45, 7) is 2.33. The van der Waals surface area contributed by atoms with Crippen LogP contribution in [0.3, 0.4) is 0 Å². The first-order chi connectivity index (χ1) is 13.5. The summed E-state index contributed by atoms with van der Waals surface area (Å²) in [6.07, 6.45) is 0.195. The van der Waals surface area contributed by atoms with Gasteiger partial charge in [0.05, 0.1) is 29.2 Å². The van der Waals surface area contributed by atoms with E-state index in [0.29, 0.717) is 28.2 Å². The number of allylic oxidation sites excluding steroid dienone is 1. The molecule has 142 valence electrons. The Hall–Kier alpha value is -2.49. The second-order valence-corrected chi connectivity index (χ2v) is 8.14. The molecular formula is C21H17ClFN3OS. The van der Waals surface area contributed by atoms with E-state index in [-0.39, 0.29) is 24.1 Å². The monoisotopic (exact) mass is 413 g/mol. The highest BCUT2D eigenvalue weighted by Crippen LogP contribution is 2.43. The van der Waals surface area contributed by atoms with Gasteiger partial charge < -0.3 is 4.90 Å². The molecule has 0 N–H and O–H groups in total. The van der Waals surface area contributed by atoms with Gasteiger partial charge in [-0.25, -0.2) is 4.39 Å². The minimum atomic E-state index is -0.337. The van der Waals surface area contributed by atoms with E-state index < -0.39 is 0 Å². The zero-order chi connectivity index (χ0) is 19.8. The number of amides is 1. The summed E-state index contributed by atoms with van der Waals surface area (Å²) in [5.74, 6) is -0.100. The number of nitriles is 1. The van der Waals surface area contributed by atoms with Crippen molar-refractivity contribution in [3.63, 3.8) is 0 Å². The first kappa shape index (κ1) is 18.9. The summed E-state index contributed by atoms with van der Waals surface area (Å²) < 4.78 is 13.3. The molecule has 0 saturated carbocycles. The van der Waals surface area contributed by atoms with Crippen LogP contribution in [0.25, 0.3) is 0 Å². The Labute approximate surface area is 172 Å². The Morgan fingerprint density at radius 3 is 2.71 bits per heavy atom. The Kier molecular flexibility index (Phi) is 5.05. The quantitative estimate of drug-likeness (QED) is 0.694. The number of carbonyl (C=O) groups excluding carboxylic acids is 1. The van der Waals surface area contributed by atoms with Crippen molar-refractivity contribution in [1.29, 1.82) is 5.26 Å². The third-order valence-electron chi connectivity index (χ3n) is 5.15. The molecule has 2 aromatic rings. The van der Waals surface area contributed by atoms with Gasteiger partial charge in [-0.3, -0.25) is 9.69 Å². The van der Waals surface area contributed by atoms with Crippen LogP contribution in [0.4, 0.5) is 10.1 Å². The molecule has 0 aromatic heterocycles. The molecule has 4 rings (SSSR count). The van der Waals surface area contributed by atoms with Crippen molar-refractivity contribution in [2.45, 2.75) is 19.3 Å². The van der Waals surface area contributed by atoms with E-state index in [0.717, 1.165) is 16.8 Å². The molecular weight excluding hydrogens is 397 g/mol. The first-order valence-electron chi connectivity index (χ1n) is 8.82. The van der Waals surface area contributed by atoms with E-state index in [1.807, 2.05) is 25.1 Å². The largest absolute Gasteiger partial charge is 0.343 e. The summed E-state index contributed by atoms with van der Waals surface area (Å²) in [5, 5.41) is 11.2. The SMILES string of the molecule is Cc1c(Cl)cccc1N1CSC2=C(C#N)C(c3ccc(F)cc3)CC(=O)N2C1. The standard InChI is InChI=1S/C21H17ClFN3OS/c1-13-18(22)3-2-4-19(13)25-11-26-20(27)9-16(14-5-7-15(23)8-6-14)17(10-24)21(26)28-12-25/h2-8,16H,9,11-12H2,1H3. The maximum atomic E-state index is 13.3. The molecule has 7 heteroatoms. The van der Waals surface area contributed by atoms with Gasteiger partial charge in [0.1, 0.15) is 5.82 Å². The van der Waals surface area contributed by atoms with E-state index in [9.17, 15) is 14.4 Å². The number of thioether (sulfide) groups is 1. The summed E-state index contributed by atoms with van der Waals surface area (Å²) in [4.78, 5) is 16.7. The Balaban J connectivity index is 1.68. The van der Waals surface area contributed by atoms with E-state index in [1.54, 1.807) is 17.0 Å². The van der Waals surface area contributed by atoms with Crippen molar-refractivity contribution in [2.24, 2.45) is 0 Å². The van der Waals surface area contributed by atoms with Crippen LogP contribution >= 0.6 is 23.4 Å². The topological polar surface area (TPSA) is 47.3 Å². The van der Waals surface area contributed by atoms with Crippen LogP contribution in [-0.2, 0) is 4.79 Å². The zero-order valence-corrected chi connectivity index (χ0v) is 16.7. The fourth-order valence-electron chi connectivity index (χ4n) is 3.63. The minimum absolute atomic E-state index is 0.0415. The number of halogens is 2. The van der Waals surface area contributed by atoms with Crippen molar-refractivity contribution < 1.29 is 9.18 Å². The molecule has 2 aromatic carbocycles. The highest BCUT2D eigenvalue weighted by atomic mass is 35.5. The predicted octanol–water partition coefficient (Wildman–Crippen LogP) is 5.01. The Bertz CT molecular complexity index is 1020. The van der Waals surface area contributed by atoms with Gasteiger partial charge in [0, 0.05) is 23.0 Å². The lowest BCUT2D eigenvalue weighted by molar-refractivity contribution is -0.129. The Morgan fingerprint density at radius 2 is 2.00 bits per heavy atom. The average Bonchev–Trinajstić information content (AvgIpc) is 2.70. The molecule has 0 bridgehead atoms. The Morgan fingerprint density at radius 1 is 1.25 bits per heavy atom. The van der Waals surface area contributed by atoms with Crippen molar-refractivity contribution >= 4 is 35.0 Å². The lowest BCUT2D eigenvalue weighted by Crippen LogP contribution is -2.47. The maximum Gasteiger partial charge on any atom is 0.229 e. The molecule has 1 saturated heterocycles. The van der Waals surface area contributed by atoms with E-state index >= 15 is 0 Å². The third kappa shape index (κ3) is 3.25. The number of benzene rings is 2. The van der Waals surface area contributed by atoms with Gasteiger partial charge >= 0.3 is 0 Å². The summed E-state index contributed by atoms with van der Waals surface area (Å²) in [7, 11) is 0. The van der Waals surface area contributed by atoms with E-state index in [4.69, 9.17) is 11.6 Å². The summed E-state index contributed by atoms with van der Waals surface area (Å²) in [5.41, 5.74) is 3.29. The molecule has 2 aliphatic rings. The van der Waals surface area contributed by atoms with Gasteiger partial charge in [0.2, 0.25) is 5.91 Å². The normalized spacial score (nSPS) is 19.5. The molecule has 1 amide bonds. The van der Waals surface area contributed by atoms with Gasteiger partial charge in [0.15, 0.2) is 0 Å². The fourth-order valence-corrected chi connectivity index (χ4v) is 4.96. The molecule has 2 heterocycles. The average molecular weight is 414 g/mol. The molecule has 1 fully saturated rings. The van der Waals surface area contributed by atoms with Crippen LogP contribution in [0, 0.1) is 24.1 Å². The highest BCUT2D eigenvalue weighted by Gasteiger charge is 2.38. The number of hydrogen-bond acceptors (Lipinski definition) is 4. The van der Waals surface area contributed by atoms with E-state index in [1.165, 1.54) is 23.9 Å². The van der Waals surface area contributed by atoms with Crippen LogP contribution in [-0.4, -0.2) is 23.4 Å². The maximum absolute atomic E-state index is 13.3. The second-order valence-electron chi connectivity index (χ2n) is 6.80. The van der Waals surface area contributed by atoms with E-state index in [2.05, 4.69) is 11.0 Å². The zero-order valence-electron chi connectivity index (χ0n) is 15.2. The van der Waals surface area contributed by atoms with Crippen LogP contribution in [0.15, 0.2) is 53.1 Å². The van der Waals surface area contributed by atoms with Crippen LogP contribution in [0.1, 0.15) is 23.5 Å². The number of anilines is 1. The van der Waals surface area contributed by atoms with Crippen LogP contribution < -0.4 is 4.90 Å². The molecule has 4 nitrogen and oxygen atoms in total. The minimum Gasteiger partial charge on any atom is -0.343 e. The second kappa shape index (κ2) is 7.50. The number of carbonyl (C=O) groups is 1. The van der Waals surface area contributed by atoms with Gasteiger partial charge in [-0.2, -0.15) is 5.26 Å². The molecule has 1 atom stereocenters. The van der Waals surface area contributed by atoms with Crippen molar-refractivity contribution in [1.82, 2.24) is 4.90 Å². The lowest BCUT2D eigenvalue weighted by atomic mass is 9.86. The molecule has 28 heavy (non-hydrogen) atoms. The van der Waals surface area contributed by atoms with Crippen molar-refractivity contribution in [2.75, 3.05) is 17.4 Å². The van der Waals surface area contributed by atoms with Gasteiger partial charge in [-0.1, -0.05) is 41.6 Å². The number of rotatable bonds is 2. The lowest BCUT2D eigenvalue weighted by Gasteiger charge is -2.42. The fraction of sp³-hybridized carbons (Fsp3) is 0.238. The summed E-state index contributed by atoms with van der Waals surface area (Å²) >= 11 is 7.72. The molecule has 0 aliphatic carbocycles. The van der Waals surface area contributed by atoms with Crippen molar-refractivity contribution in [3.05, 3.63) is 75.0 Å². The molecule has 2 aliphatic heterocycles. The van der Waals surface area contributed by atoms with Gasteiger partial charge in [-0.05, 0) is 42.3 Å². The number of nitrogens with zero attached hydrogens (tertiary/aromatic N) is 3. The number of hydrogen-bond donors (Lipinski definition) is 0. The van der Waals surface area contributed by atoms with Crippen LogP contribution in [0.5, 0.6) is 0 Å². The number of fused-ring (bicyclic) bond motifs is 1. The van der Waals surface area contributed by atoms with Gasteiger partial charge in [-0.15, -0.1) is 0 Å². The van der Waals surface area contributed by atoms with Gasteiger partial charge in [0.25, 0.3) is 0 Å². The molecule has 1 unspecified atom stereocenters. The first-order valence-corrected chi connectivity index (χ1v) is 10.2. The third-order valence-corrected chi connectivity index (χ3v) is 6.71. The van der Waals surface area contributed by atoms with Crippen LogP contribution in [0.2, 0.25) is 5.02 Å². The molecule has 0 radical (unpaired) electrons. The van der Waals surface area contributed by atoms with Crippen molar-refractivity contribution in [3.8, 4) is 6.07 Å². The summed E-state index contributed by atoms with van der Waals surface area (Å²) in [6, 6.07) is 14.0. The smallest absolute Gasteiger partial charge is 0.229 e. The highest BCUT2D eigenvalue weighted by molar-refractivity contribution is 8.03.